The molecule has 256 valence electrons. The molecule has 0 aliphatic heterocycles. The highest BCUT2D eigenvalue weighted by Gasteiger charge is 2.35. The first-order chi connectivity index (χ1) is 26.5. The van der Waals surface area contributed by atoms with Crippen LogP contribution < -0.4 is 4.90 Å². The highest BCUT2D eigenvalue weighted by molar-refractivity contribution is 5.99. The maximum absolute atomic E-state index is 2.40. The molecular formula is C53H39N. The Bertz CT molecular complexity index is 2820. The van der Waals surface area contributed by atoms with Crippen LogP contribution in [0.1, 0.15) is 25.0 Å². The lowest BCUT2D eigenvalue weighted by molar-refractivity contribution is 0.660. The van der Waals surface area contributed by atoms with E-state index in [0.29, 0.717) is 0 Å². The summed E-state index contributed by atoms with van der Waals surface area (Å²) in [5, 5.41) is 5.03. The molecule has 0 aromatic heterocycles. The zero-order valence-corrected chi connectivity index (χ0v) is 30.5. The zero-order chi connectivity index (χ0) is 36.2. The molecule has 0 heterocycles. The number of nitrogens with zero attached hydrogens (tertiary/aromatic N) is 1. The van der Waals surface area contributed by atoms with E-state index < -0.39 is 0 Å². The summed E-state index contributed by atoms with van der Waals surface area (Å²) in [5.74, 6) is 0. The predicted octanol–water partition coefficient (Wildman–Crippen LogP) is 14.8. The van der Waals surface area contributed by atoms with Crippen LogP contribution in [0.15, 0.2) is 200 Å². The Labute approximate surface area is 317 Å². The average molecular weight is 690 g/mol. The second-order valence-corrected chi connectivity index (χ2v) is 15.0. The van der Waals surface area contributed by atoms with Gasteiger partial charge in [0.05, 0.1) is 0 Å². The van der Waals surface area contributed by atoms with Crippen LogP contribution >= 0.6 is 0 Å². The van der Waals surface area contributed by atoms with Gasteiger partial charge in [0.2, 0.25) is 0 Å². The number of hydrogen-bond donors (Lipinski definition) is 0. The topological polar surface area (TPSA) is 3.24 Å². The quantitative estimate of drug-likeness (QED) is 0.168. The van der Waals surface area contributed by atoms with Gasteiger partial charge in [-0.25, -0.2) is 0 Å². The van der Waals surface area contributed by atoms with E-state index in [-0.39, 0.29) is 5.41 Å². The molecule has 0 amide bonds. The van der Waals surface area contributed by atoms with Crippen LogP contribution in [-0.2, 0) is 5.41 Å². The van der Waals surface area contributed by atoms with Gasteiger partial charge in [0.25, 0.3) is 0 Å². The Kier molecular flexibility index (Phi) is 7.56. The van der Waals surface area contributed by atoms with Crippen LogP contribution in [0.2, 0.25) is 0 Å². The second-order valence-electron chi connectivity index (χ2n) is 15.0. The Morgan fingerprint density at radius 1 is 0.315 bits per heavy atom. The third-order valence-corrected chi connectivity index (χ3v) is 11.5. The summed E-state index contributed by atoms with van der Waals surface area (Å²) >= 11 is 0. The summed E-state index contributed by atoms with van der Waals surface area (Å²) < 4.78 is 0. The first-order valence-corrected chi connectivity index (χ1v) is 18.8. The molecule has 0 saturated heterocycles. The van der Waals surface area contributed by atoms with E-state index in [0.717, 1.165) is 17.1 Å². The normalized spacial score (nSPS) is 12.8. The van der Waals surface area contributed by atoms with Crippen LogP contribution in [0.4, 0.5) is 17.1 Å². The third kappa shape index (κ3) is 5.32. The molecule has 1 aliphatic carbocycles. The van der Waals surface area contributed by atoms with E-state index in [1.54, 1.807) is 0 Å². The van der Waals surface area contributed by atoms with Crippen molar-refractivity contribution in [1.29, 1.82) is 0 Å². The number of anilines is 3. The fraction of sp³-hybridized carbons (Fsp3) is 0.0566. The Balaban J connectivity index is 1.06. The first-order valence-electron chi connectivity index (χ1n) is 18.8. The SMILES string of the molecule is CC1(C)c2ccccc2-c2cc(N(c3ccc(-c4ccc5c(-c6ccccc6)cccc5c4)cc3)c3ccc(-c4cccc5ccccc45)cc3)ccc21. The molecule has 0 unspecified atom stereocenters. The largest absolute Gasteiger partial charge is 0.310 e. The molecule has 1 heteroatoms. The van der Waals surface area contributed by atoms with Gasteiger partial charge >= 0.3 is 0 Å². The lowest BCUT2D eigenvalue weighted by Gasteiger charge is -2.27. The summed E-state index contributed by atoms with van der Waals surface area (Å²) in [6.45, 7) is 4.68. The number of benzene rings is 9. The van der Waals surface area contributed by atoms with Gasteiger partial charge in [-0.2, -0.15) is 0 Å². The van der Waals surface area contributed by atoms with Crippen LogP contribution in [0.3, 0.4) is 0 Å². The molecule has 1 nitrogen and oxygen atoms in total. The smallest absolute Gasteiger partial charge is 0.0468 e. The molecule has 0 bridgehead atoms. The maximum atomic E-state index is 2.40. The van der Waals surface area contributed by atoms with E-state index in [1.165, 1.54) is 77.2 Å². The first kappa shape index (κ1) is 32.0. The number of rotatable bonds is 6. The average Bonchev–Trinajstić information content (AvgIpc) is 3.46. The molecular weight excluding hydrogens is 651 g/mol. The van der Waals surface area contributed by atoms with Crippen molar-refractivity contribution >= 4 is 38.6 Å². The molecule has 0 radical (unpaired) electrons. The molecule has 1 aliphatic rings. The van der Waals surface area contributed by atoms with Crippen LogP contribution in [0.5, 0.6) is 0 Å². The van der Waals surface area contributed by atoms with E-state index >= 15 is 0 Å². The van der Waals surface area contributed by atoms with E-state index in [4.69, 9.17) is 0 Å². The monoisotopic (exact) mass is 689 g/mol. The van der Waals surface area contributed by atoms with E-state index in [9.17, 15) is 0 Å². The summed E-state index contributed by atoms with van der Waals surface area (Å²) in [5.41, 5.74) is 16.1. The van der Waals surface area contributed by atoms with Crippen molar-refractivity contribution in [3.8, 4) is 44.5 Å². The molecule has 0 saturated carbocycles. The molecule has 10 rings (SSSR count). The molecule has 0 spiro atoms. The van der Waals surface area contributed by atoms with Gasteiger partial charge < -0.3 is 4.90 Å². The lowest BCUT2D eigenvalue weighted by atomic mass is 9.82. The van der Waals surface area contributed by atoms with Crippen molar-refractivity contribution in [2.75, 3.05) is 4.90 Å². The Hall–Kier alpha value is -6.70. The van der Waals surface area contributed by atoms with E-state index in [2.05, 4.69) is 219 Å². The predicted molar refractivity (Wildman–Crippen MR) is 230 cm³/mol. The fourth-order valence-electron chi connectivity index (χ4n) is 8.70. The molecule has 54 heavy (non-hydrogen) atoms. The lowest BCUT2D eigenvalue weighted by Crippen LogP contribution is -2.15. The van der Waals surface area contributed by atoms with E-state index in [1.807, 2.05) is 0 Å². The Morgan fingerprint density at radius 2 is 0.833 bits per heavy atom. The maximum Gasteiger partial charge on any atom is 0.0468 e. The number of hydrogen-bond acceptors (Lipinski definition) is 1. The fourth-order valence-corrected chi connectivity index (χ4v) is 8.70. The molecule has 0 atom stereocenters. The van der Waals surface area contributed by atoms with Crippen LogP contribution in [0.25, 0.3) is 66.1 Å². The van der Waals surface area contributed by atoms with Crippen molar-refractivity contribution in [3.05, 3.63) is 211 Å². The van der Waals surface area contributed by atoms with Gasteiger partial charge in [-0.05, 0) is 120 Å². The van der Waals surface area contributed by atoms with Crippen LogP contribution in [-0.4, -0.2) is 0 Å². The van der Waals surface area contributed by atoms with Crippen LogP contribution in [0, 0.1) is 0 Å². The minimum atomic E-state index is -0.0429. The van der Waals surface area contributed by atoms with Crippen molar-refractivity contribution < 1.29 is 0 Å². The second kappa shape index (κ2) is 12.8. The summed E-state index contributed by atoms with van der Waals surface area (Å²) in [7, 11) is 0. The van der Waals surface area contributed by atoms with Gasteiger partial charge in [0.15, 0.2) is 0 Å². The van der Waals surface area contributed by atoms with Crippen molar-refractivity contribution in [3.63, 3.8) is 0 Å². The van der Waals surface area contributed by atoms with Gasteiger partial charge in [-0.3, -0.25) is 0 Å². The highest BCUT2D eigenvalue weighted by Crippen LogP contribution is 2.50. The third-order valence-electron chi connectivity index (χ3n) is 11.5. The molecule has 9 aromatic carbocycles. The highest BCUT2D eigenvalue weighted by atomic mass is 15.1. The summed E-state index contributed by atoms with van der Waals surface area (Å²) in [6, 6.07) is 73.4. The summed E-state index contributed by atoms with van der Waals surface area (Å²) in [6.07, 6.45) is 0. The van der Waals surface area contributed by atoms with Gasteiger partial charge in [-0.15, -0.1) is 0 Å². The number of fused-ring (bicyclic) bond motifs is 5. The van der Waals surface area contributed by atoms with Gasteiger partial charge in [-0.1, -0.05) is 172 Å². The summed E-state index contributed by atoms with van der Waals surface area (Å²) in [4.78, 5) is 2.40. The minimum absolute atomic E-state index is 0.0429. The Morgan fingerprint density at radius 3 is 1.59 bits per heavy atom. The van der Waals surface area contributed by atoms with Gasteiger partial charge in [0, 0.05) is 22.5 Å². The molecule has 0 N–H and O–H groups in total. The molecule has 0 fully saturated rings. The van der Waals surface area contributed by atoms with Crippen molar-refractivity contribution in [2.45, 2.75) is 19.3 Å². The zero-order valence-electron chi connectivity index (χ0n) is 30.5. The van der Waals surface area contributed by atoms with Crippen molar-refractivity contribution in [2.24, 2.45) is 0 Å². The minimum Gasteiger partial charge on any atom is -0.310 e. The molecule has 9 aromatic rings. The van der Waals surface area contributed by atoms with Crippen molar-refractivity contribution in [1.82, 2.24) is 0 Å². The standard InChI is InChI=1S/C53H39N/c1-53(2)51-21-9-8-18-49(51)50-35-44(31-33-52(50)53)54(43-29-24-39(25-30-43)47-19-10-15-38-14-6-7-17-45(38)47)42-27-22-36(23-28-42)40-26-32-48-41(34-40)16-11-20-46(48)37-12-4-3-5-13-37/h3-35H,1-2H3. The van der Waals surface area contributed by atoms with Gasteiger partial charge in [0.1, 0.15) is 0 Å².